The number of carbonyl (C=O) groups excluding carboxylic acids is 3. The van der Waals surface area contributed by atoms with E-state index in [0.717, 1.165) is 12.8 Å². The minimum atomic E-state index is -0.396. The fraction of sp³-hybridized carbons (Fsp3) is 0.667. The fourth-order valence-electron chi connectivity index (χ4n) is 1.80. The average Bonchev–Trinajstić information content (AvgIpc) is 2.83. The average molecular weight is 340 g/mol. The van der Waals surface area contributed by atoms with Crippen LogP contribution >= 0.6 is 11.3 Å². The van der Waals surface area contributed by atoms with E-state index in [4.69, 9.17) is 14.3 Å². The second kappa shape index (κ2) is 8.99. The van der Waals surface area contributed by atoms with Crippen molar-refractivity contribution in [2.24, 2.45) is 5.92 Å². The second-order valence-electron chi connectivity index (χ2n) is 7.63. The van der Waals surface area contributed by atoms with Crippen LogP contribution in [-0.4, -0.2) is 17.7 Å². The maximum Gasteiger partial charge on any atom is 0.373 e. The zero-order valence-corrected chi connectivity index (χ0v) is 16.0. The third-order valence-corrected chi connectivity index (χ3v) is 4.47. The molecule has 0 fully saturated rings. The summed E-state index contributed by atoms with van der Waals surface area (Å²) in [5.41, 5.74) is 1.14. The molecule has 0 radical (unpaired) electrons. The van der Waals surface area contributed by atoms with E-state index in [2.05, 4.69) is 32.2 Å². The molecule has 0 unspecified atom stereocenters. The smallest absolute Gasteiger partial charge is 0.373 e. The standard InChI is InChI=1S/C17H28O2S.CO2/c1-12(15(18)19-17(5,6)7)8-9-13-10-14(20-11-13)16(2,3)4;2-1-3/h10-12H,8-9H2,1-7H3;/t12-;/m0./s1. The summed E-state index contributed by atoms with van der Waals surface area (Å²) in [6, 6.07) is 2.27. The first-order valence-corrected chi connectivity index (χ1v) is 8.58. The number of ether oxygens (including phenoxy) is 1. The Morgan fingerprint density at radius 1 is 1.22 bits per heavy atom. The van der Waals surface area contributed by atoms with E-state index in [9.17, 15) is 4.79 Å². The van der Waals surface area contributed by atoms with Gasteiger partial charge in [-0.05, 0) is 56.0 Å². The van der Waals surface area contributed by atoms with Gasteiger partial charge in [0.25, 0.3) is 0 Å². The topological polar surface area (TPSA) is 60.4 Å². The third-order valence-electron chi connectivity index (χ3n) is 3.07. The van der Waals surface area contributed by atoms with Crippen molar-refractivity contribution >= 4 is 23.5 Å². The molecule has 1 aromatic heterocycles. The molecular weight excluding hydrogens is 312 g/mol. The molecule has 0 spiro atoms. The molecule has 1 rings (SSSR count). The molecule has 1 aromatic rings. The molecule has 1 atom stereocenters. The van der Waals surface area contributed by atoms with Crippen LogP contribution in [0.5, 0.6) is 0 Å². The highest BCUT2D eigenvalue weighted by Crippen LogP contribution is 2.29. The van der Waals surface area contributed by atoms with Crippen molar-refractivity contribution in [3.63, 3.8) is 0 Å². The minimum absolute atomic E-state index is 0.0489. The van der Waals surface area contributed by atoms with Crippen LogP contribution in [0.3, 0.4) is 0 Å². The highest BCUT2D eigenvalue weighted by Gasteiger charge is 2.22. The van der Waals surface area contributed by atoms with Gasteiger partial charge in [0.05, 0.1) is 5.92 Å². The lowest BCUT2D eigenvalue weighted by atomic mass is 9.93. The van der Waals surface area contributed by atoms with Crippen LogP contribution in [0.25, 0.3) is 0 Å². The Labute approximate surface area is 143 Å². The SMILES string of the molecule is C[C@@H](CCc1csc(C(C)(C)C)c1)C(=O)OC(C)(C)C.O=C=O. The Bertz CT molecular complexity index is 526. The summed E-state index contributed by atoms with van der Waals surface area (Å²) < 4.78 is 5.41. The van der Waals surface area contributed by atoms with Gasteiger partial charge in [-0.1, -0.05) is 27.7 Å². The molecule has 0 N–H and O–H groups in total. The maximum absolute atomic E-state index is 11.9. The Balaban J connectivity index is 0.00000149. The predicted octanol–water partition coefficient (Wildman–Crippen LogP) is 4.37. The van der Waals surface area contributed by atoms with E-state index >= 15 is 0 Å². The molecule has 1 heterocycles. The van der Waals surface area contributed by atoms with Crippen molar-refractivity contribution in [1.82, 2.24) is 0 Å². The lowest BCUT2D eigenvalue weighted by Crippen LogP contribution is -2.27. The van der Waals surface area contributed by atoms with Gasteiger partial charge in [-0.15, -0.1) is 11.3 Å². The number of carbonyl (C=O) groups is 1. The van der Waals surface area contributed by atoms with E-state index < -0.39 is 5.60 Å². The van der Waals surface area contributed by atoms with E-state index in [1.165, 1.54) is 10.4 Å². The molecule has 4 nitrogen and oxygen atoms in total. The first-order chi connectivity index (χ1) is 10.4. The molecule has 0 amide bonds. The van der Waals surface area contributed by atoms with Crippen molar-refractivity contribution in [2.75, 3.05) is 0 Å². The van der Waals surface area contributed by atoms with Crippen LogP contribution in [0.4, 0.5) is 0 Å². The largest absolute Gasteiger partial charge is 0.460 e. The van der Waals surface area contributed by atoms with Gasteiger partial charge >= 0.3 is 12.1 Å². The summed E-state index contributed by atoms with van der Waals surface area (Å²) in [6.45, 7) is 14.4. The summed E-state index contributed by atoms with van der Waals surface area (Å²) in [5, 5.41) is 2.21. The molecule has 0 aromatic carbocycles. The van der Waals surface area contributed by atoms with Crippen molar-refractivity contribution < 1.29 is 19.1 Å². The fourth-order valence-corrected chi connectivity index (χ4v) is 2.84. The normalized spacial score (nSPS) is 12.7. The quantitative estimate of drug-likeness (QED) is 0.764. The summed E-state index contributed by atoms with van der Waals surface area (Å²) in [7, 11) is 0. The van der Waals surface area contributed by atoms with E-state index in [-0.39, 0.29) is 23.5 Å². The van der Waals surface area contributed by atoms with Gasteiger partial charge in [-0.2, -0.15) is 9.59 Å². The monoisotopic (exact) mass is 340 g/mol. The number of hydrogen-bond acceptors (Lipinski definition) is 5. The maximum atomic E-state index is 11.9. The Morgan fingerprint density at radius 2 is 1.74 bits per heavy atom. The van der Waals surface area contributed by atoms with Crippen molar-refractivity contribution in [2.45, 2.75) is 72.3 Å². The Kier molecular flexibility index (Phi) is 8.43. The van der Waals surface area contributed by atoms with Gasteiger partial charge in [0, 0.05) is 4.88 Å². The van der Waals surface area contributed by atoms with Crippen LogP contribution in [-0.2, 0) is 31.0 Å². The number of aryl methyl sites for hydroxylation is 1. The summed E-state index contributed by atoms with van der Waals surface area (Å²) in [4.78, 5) is 29.6. The highest BCUT2D eigenvalue weighted by atomic mass is 32.1. The molecule has 0 aliphatic rings. The van der Waals surface area contributed by atoms with Crippen molar-refractivity contribution in [1.29, 1.82) is 0 Å². The zero-order chi connectivity index (χ0) is 18.3. The predicted molar refractivity (Wildman–Crippen MR) is 91.4 cm³/mol. The molecular formula is C18H28O4S. The van der Waals surface area contributed by atoms with Gasteiger partial charge in [0.1, 0.15) is 5.60 Å². The Hall–Kier alpha value is -1.45. The number of thiophene rings is 1. The first kappa shape index (κ1) is 21.6. The highest BCUT2D eigenvalue weighted by molar-refractivity contribution is 7.10. The molecule has 5 heteroatoms. The summed E-state index contributed by atoms with van der Waals surface area (Å²) >= 11 is 1.81. The van der Waals surface area contributed by atoms with Gasteiger partial charge in [0.2, 0.25) is 0 Å². The van der Waals surface area contributed by atoms with E-state index in [1.54, 1.807) is 0 Å². The minimum Gasteiger partial charge on any atom is -0.460 e. The lowest BCUT2D eigenvalue weighted by molar-refractivity contribution is -0.191. The van der Waals surface area contributed by atoms with Crippen LogP contribution in [0.15, 0.2) is 11.4 Å². The van der Waals surface area contributed by atoms with Gasteiger partial charge in [0.15, 0.2) is 0 Å². The zero-order valence-electron chi connectivity index (χ0n) is 15.2. The molecule has 23 heavy (non-hydrogen) atoms. The van der Waals surface area contributed by atoms with Crippen LogP contribution in [0.1, 0.15) is 65.3 Å². The molecule has 0 saturated heterocycles. The third kappa shape index (κ3) is 9.32. The van der Waals surface area contributed by atoms with Crippen molar-refractivity contribution in [3.05, 3.63) is 21.9 Å². The molecule has 130 valence electrons. The number of rotatable bonds is 4. The molecule has 0 saturated carbocycles. The number of hydrogen-bond donors (Lipinski definition) is 0. The van der Waals surface area contributed by atoms with E-state index in [0.29, 0.717) is 0 Å². The van der Waals surface area contributed by atoms with Crippen LogP contribution < -0.4 is 0 Å². The summed E-state index contributed by atoms with van der Waals surface area (Å²) in [6.07, 6.45) is 2.03. The molecule has 0 aliphatic carbocycles. The molecule has 0 bridgehead atoms. The lowest BCUT2D eigenvalue weighted by Gasteiger charge is -2.22. The van der Waals surface area contributed by atoms with Crippen LogP contribution in [0, 0.1) is 5.92 Å². The summed E-state index contributed by atoms with van der Waals surface area (Å²) in [5.74, 6) is -0.143. The van der Waals surface area contributed by atoms with Crippen molar-refractivity contribution in [3.8, 4) is 0 Å². The van der Waals surface area contributed by atoms with E-state index in [1.807, 2.05) is 39.0 Å². The van der Waals surface area contributed by atoms with Gasteiger partial charge in [-0.3, -0.25) is 4.79 Å². The Morgan fingerprint density at radius 3 is 2.13 bits per heavy atom. The number of esters is 1. The molecule has 0 aliphatic heterocycles. The second-order valence-corrected chi connectivity index (χ2v) is 8.54. The van der Waals surface area contributed by atoms with Crippen LogP contribution in [0.2, 0.25) is 0 Å². The van der Waals surface area contributed by atoms with Gasteiger partial charge in [-0.25, -0.2) is 0 Å². The van der Waals surface area contributed by atoms with Gasteiger partial charge < -0.3 is 4.74 Å². The first-order valence-electron chi connectivity index (χ1n) is 7.70.